The molecule has 3 aromatic heterocycles. The molecule has 9 heteroatoms. The number of piperidine rings is 1. The van der Waals surface area contributed by atoms with Gasteiger partial charge in [0.25, 0.3) is 5.91 Å². The van der Waals surface area contributed by atoms with Gasteiger partial charge in [0.2, 0.25) is 5.89 Å². The van der Waals surface area contributed by atoms with Gasteiger partial charge in [-0.3, -0.25) is 4.79 Å². The van der Waals surface area contributed by atoms with Gasteiger partial charge in [0.15, 0.2) is 0 Å². The number of rotatable bonds is 4. The molecule has 150 valence electrons. The van der Waals surface area contributed by atoms with Gasteiger partial charge in [-0.25, -0.2) is 19.9 Å². The Hall–Kier alpha value is -3.00. The van der Waals surface area contributed by atoms with E-state index in [0.717, 1.165) is 18.4 Å². The monoisotopic (exact) mass is 412 g/mol. The summed E-state index contributed by atoms with van der Waals surface area (Å²) in [6, 6.07) is 1.85. The van der Waals surface area contributed by atoms with Crippen LogP contribution in [0.2, 0.25) is 5.15 Å². The summed E-state index contributed by atoms with van der Waals surface area (Å²) in [5.74, 6) is 0.884. The van der Waals surface area contributed by atoms with Crippen LogP contribution in [0.1, 0.15) is 35.8 Å². The highest BCUT2D eigenvalue weighted by Gasteiger charge is 2.34. The maximum Gasteiger partial charge on any atom is 0.273 e. The highest BCUT2D eigenvalue weighted by molar-refractivity contribution is 6.29. The molecular formula is C20H21ClN6O2. The van der Waals surface area contributed by atoms with Crippen LogP contribution in [0.15, 0.2) is 41.5 Å². The SMILES string of the molecule is Cc1cnc(C(=O)N2CCCC(Nc3cnc(Cl)cn3)C2C)c(-c2ncco2)c1. The number of hydrogen-bond acceptors (Lipinski definition) is 7. The molecule has 1 saturated heterocycles. The van der Waals surface area contributed by atoms with E-state index in [9.17, 15) is 4.79 Å². The third-order valence-electron chi connectivity index (χ3n) is 5.09. The van der Waals surface area contributed by atoms with E-state index in [4.69, 9.17) is 16.0 Å². The van der Waals surface area contributed by atoms with Crippen LogP contribution in [-0.4, -0.2) is 49.4 Å². The molecule has 8 nitrogen and oxygen atoms in total. The van der Waals surface area contributed by atoms with Gasteiger partial charge in [-0.1, -0.05) is 11.6 Å². The molecule has 0 radical (unpaired) electrons. The molecule has 0 aromatic carbocycles. The minimum atomic E-state index is -0.139. The van der Waals surface area contributed by atoms with Gasteiger partial charge in [0, 0.05) is 24.8 Å². The van der Waals surface area contributed by atoms with Crippen molar-refractivity contribution in [1.82, 2.24) is 24.8 Å². The van der Waals surface area contributed by atoms with Crippen molar-refractivity contribution in [2.24, 2.45) is 0 Å². The summed E-state index contributed by atoms with van der Waals surface area (Å²) >= 11 is 5.81. The van der Waals surface area contributed by atoms with Gasteiger partial charge in [0.1, 0.15) is 22.9 Å². The average molecular weight is 413 g/mol. The third-order valence-corrected chi connectivity index (χ3v) is 5.29. The quantitative estimate of drug-likeness (QED) is 0.699. The summed E-state index contributed by atoms with van der Waals surface area (Å²) in [6.07, 6.45) is 9.62. The molecule has 0 spiro atoms. The summed E-state index contributed by atoms with van der Waals surface area (Å²) in [5.41, 5.74) is 1.88. The number of aromatic nitrogens is 4. The number of nitrogens with one attached hydrogen (secondary N) is 1. The molecule has 4 rings (SSSR count). The second-order valence-electron chi connectivity index (χ2n) is 7.10. The van der Waals surface area contributed by atoms with E-state index in [2.05, 4.69) is 25.3 Å². The zero-order chi connectivity index (χ0) is 20.4. The van der Waals surface area contributed by atoms with Crippen molar-refractivity contribution in [1.29, 1.82) is 0 Å². The maximum atomic E-state index is 13.4. The Bertz CT molecular complexity index is 993. The standard InChI is InChI=1S/C20H21ClN6O2/c1-12-8-14(19-22-5-7-29-19)18(25-9-12)20(28)27-6-3-4-15(13(27)2)26-17-11-23-16(21)10-24-17/h5,7-11,13,15H,3-4,6H2,1-2H3,(H,24,26). The van der Waals surface area contributed by atoms with Crippen molar-refractivity contribution < 1.29 is 9.21 Å². The largest absolute Gasteiger partial charge is 0.444 e. The lowest BCUT2D eigenvalue weighted by Gasteiger charge is -2.39. The Labute approximate surface area is 173 Å². The molecule has 4 heterocycles. The van der Waals surface area contributed by atoms with Gasteiger partial charge in [0.05, 0.1) is 24.2 Å². The van der Waals surface area contributed by atoms with Crippen molar-refractivity contribution in [3.63, 3.8) is 0 Å². The minimum Gasteiger partial charge on any atom is -0.444 e. The smallest absolute Gasteiger partial charge is 0.273 e. The summed E-state index contributed by atoms with van der Waals surface area (Å²) in [7, 11) is 0. The predicted molar refractivity (Wildman–Crippen MR) is 109 cm³/mol. The number of carbonyl (C=O) groups excluding carboxylic acids is 1. The van der Waals surface area contributed by atoms with E-state index in [0.29, 0.717) is 34.7 Å². The van der Waals surface area contributed by atoms with Gasteiger partial charge >= 0.3 is 0 Å². The normalized spacial score (nSPS) is 19.2. The van der Waals surface area contributed by atoms with Gasteiger partial charge in [-0.05, 0) is 38.3 Å². The van der Waals surface area contributed by atoms with E-state index in [1.165, 1.54) is 12.5 Å². The fourth-order valence-corrected chi connectivity index (χ4v) is 3.69. The van der Waals surface area contributed by atoms with Crippen LogP contribution in [0.4, 0.5) is 5.82 Å². The molecule has 0 saturated carbocycles. The van der Waals surface area contributed by atoms with E-state index in [-0.39, 0.29) is 18.0 Å². The molecule has 29 heavy (non-hydrogen) atoms. The first-order valence-corrected chi connectivity index (χ1v) is 9.82. The number of amides is 1. The lowest BCUT2D eigenvalue weighted by molar-refractivity contribution is 0.0611. The Kier molecular flexibility index (Phi) is 5.44. The third kappa shape index (κ3) is 4.07. The molecule has 1 amide bonds. The predicted octanol–water partition coefficient (Wildman–Crippen LogP) is 3.59. The summed E-state index contributed by atoms with van der Waals surface area (Å²) in [6.45, 7) is 4.60. The van der Waals surface area contributed by atoms with Crippen LogP contribution >= 0.6 is 11.6 Å². The Morgan fingerprint density at radius 3 is 2.83 bits per heavy atom. The Morgan fingerprint density at radius 1 is 1.24 bits per heavy atom. The fraction of sp³-hybridized carbons (Fsp3) is 0.350. The van der Waals surface area contributed by atoms with E-state index < -0.39 is 0 Å². The lowest BCUT2D eigenvalue weighted by atomic mass is 9.96. The van der Waals surface area contributed by atoms with Crippen LogP contribution in [0.25, 0.3) is 11.5 Å². The van der Waals surface area contributed by atoms with Crippen molar-refractivity contribution in [3.05, 3.63) is 53.5 Å². The second-order valence-corrected chi connectivity index (χ2v) is 7.49. The number of carbonyl (C=O) groups is 1. The molecule has 1 aliphatic rings. The molecular weight excluding hydrogens is 392 g/mol. The fourth-order valence-electron chi connectivity index (χ4n) is 3.59. The first-order valence-electron chi connectivity index (χ1n) is 9.44. The minimum absolute atomic E-state index is 0.0406. The number of pyridine rings is 1. The number of anilines is 1. The van der Waals surface area contributed by atoms with Gasteiger partial charge in [-0.2, -0.15) is 0 Å². The molecule has 3 aromatic rings. The molecule has 1 fully saturated rings. The number of halogens is 1. The first-order chi connectivity index (χ1) is 14.0. The number of nitrogens with zero attached hydrogens (tertiary/aromatic N) is 5. The van der Waals surface area contributed by atoms with Crippen LogP contribution in [0.5, 0.6) is 0 Å². The van der Waals surface area contributed by atoms with Crippen molar-refractivity contribution in [3.8, 4) is 11.5 Å². The van der Waals surface area contributed by atoms with Crippen molar-refractivity contribution >= 4 is 23.3 Å². The highest BCUT2D eigenvalue weighted by Crippen LogP contribution is 2.27. The number of aryl methyl sites for hydroxylation is 1. The first kappa shape index (κ1) is 19.3. The second kappa shape index (κ2) is 8.16. The molecule has 0 bridgehead atoms. The van der Waals surface area contributed by atoms with Crippen molar-refractivity contribution in [2.75, 3.05) is 11.9 Å². The Balaban J connectivity index is 1.58. The number of likely N-dealkylation sites (tertiary alicyclic amines) is 1. The van der Waals surface area contributed by atoms with Crippen molar-refractivity contribution in [2.45, 2.75) is 38.8 Å². The van der Waals surface area contributed by atoms with Crippen LogP contribution in [-0.2, 0) is 0 Å². The zero-order valence-corrected chi connectivity index (χ0v) is 16.9. The summed E-state index contributed by atoms with van der Waals surface area (Å²) < 4.78 is 5.43. The maximum absolute atomic E-state index is 13.4. The lowest BCUT2D eigenvalue weighted by Crippen LogP contribution is -2.52. The van der Waals surface area contributed by atoms with Gasteiger partial charge < -0.3 is 14.6 Å². The van der Waals surface area contributed by atoms with Crippen LogP contribution in [0, 0.1) is 6.92 Å². The average Bonchev–Trinajstić information content (AvgIpc) is 3.25. The zero-order valence-electron chi connectivity index (χ0n) is 16.2. The van der Waals surface area contributed by atoms with Crippen LogP contribution < -0.4 is 5.32 Å². The summed E-state index contributed by atoms with van der Waals surface area (Å²) in [5, 5.41) is 3.71. The van der Waals surface area contributed by atoms with Crippen LogP contribution in [0.3, 0.4) is 0 Å². The van der Waals surface area contributed by atoms with E-state index >= 15 is 0 Å². The van der Waals surface area contributed by atoms with E-state index in [1.54, 1.807) is 18.6 Å². The Morgan fingerprint density at radius 2 is 2.10 bits per heavy atom. The van der Waals surface area contributed by atoms with E-state index in [1.807, 2.05) is 24.8 Å². The molecule has 1 aliphatic heterocycles. The summed E-state index contributed by atoms with van der Waals surface area (Å²) in [4.78, 5) is 32.2. The molecule has 0 aliphatic carbocycles. The number of hydrogen-bond donors (Lipinski definition) is 1. The highest BCUT2D eigenvalue weighted by atomic mass is 35.5. The molecule has 1 N–H and O–H groups in total. The number of oxazole rings is 1. The molecule has 2 atom stereocenters. The topological polar surface area (TPSA) is 97.0 Å². The van der Waals surface area contributed by atoms with Gasteiger partial charge in [-0.15, -0.1) is 0 Å². The molecule has 2 unspecified atom stereocenters.